The Labute approximate surface area is 189 Å². The Hall–Kier alpha value is -2.51. The van der Waals surface area contributed by atoms with Gasteiger partial charge in [-0.3, -0.25) is 9.59 Å². The fourth-order valence-corrected chi connectivity index (χ4v) is 5.05. The van der Waals surface area contributed by atoms with Crippen LogP contribution in [-0.2, 0) is 17.9 Å². The molecule has 3 aromatic rings. The number of carbonyl (C=O) groups excluding carboxylic acids is 2. The molecule has 1 aliphatic carbocycles. The van der Waals surface area contributed by atoms with Gasteiger partial charge in [0.2, 0.25) is 5.91 Å². The third kappa shape index (κ3) is 6.02. The molecule has 7 heteroatoms. The van der Waals surface area contributed by atoms with Crippen molar-refractivity contribution in [2.45, 2.75) is 32.9 Å². The molecule has 0 aliphatic heterocycles. The largest absolute Gasteiger partial charge is 0.332 e. The number of nitrogens with zero attached hydrogens (tertiary/aromatic N) is 2. The van der Waals surface area contributed by atoms with E-state index >= 15 is 0 Å². The molecule has 1 aliphatic rings. The number of hydrogen-bond acceptors (Lipinski definition) is 4. The van der Waals surface area contributed by atoms with Crippen molar-refractivity contribution >= 4 is 34.5 Å². The van der Waals surface area contributed by atoms with E-state index in [9.17, 15) is 14.0 Å². The number of thiophene rings is 2. The van der Waals surface area contributed by atoms with Gasteiger partial charge < -0.3 is 9.80 Å². The molecule has 162 valence electrons. The molecule has 0 spiro atoms. The van der Waals surface area contributed by atoms with Gasteiger partial charge in [-0.1, -0.05) is 18.2 Å². The van der Waals surface area contributed by atoms with Crippen LogP contribution in [-0.4, -0.2) is 34.7 Å². The van der Waals surface area contributed by atoms with Crippen LogP contribution in [0.3, 0.4) is 0 Å². The Morgan fingerprint density at radius 3 is 2.42 bits per heavy atom. The maximum atomic E-state index is 13.4. The van der Waals surface area contributed by atoms with Crippen molar-refractivity contribution in [2.24, 2.45) is 5.92 Å². The number of carbonyl (C=O) groups is 2. The topological polar surface area (TPSA) is 40.6 Å². The average molecular weight is 457 g/mol. The molecule has 1 fully saturated rings. The number of amides is 2. The summed E-state index contributed by atoms with van der Waals surface area (Å²) in [6.07, 6.45) is 2.21. The zero-order valence-electron chi connectivity index (χ0n) is 17.4. The first-order chi connectivity index (χ1) is 15.0. The molecule has 31 heavy (non-hydrogen) atoms. The number of benzene rings is 1. The summed E-state index contributed by atoms with van der Waals surface area (Å²) in [6, 6.07) is 14.0. The minimum atomic E-state index is -0.298. The van der Waals surface area contributed by atoms with Crippen LogP contribution in [0.5, 0.6) is 0 Å². The van der Waals surface area contributed by atoms with Gasteiger partial charge in [0.15, 0.2) is 0 Å². The SMILES string of the molecule is Cc1ccc(CN(Cc2ccc(F)cc2)C(=O)CN(CC2CC2)C(=O)c2cccs2)s1. The van der Waals surface area contributed by atoms with Crippen molar-refractivity contribution in [3.05, 3.63) is 79.9 Å². The van der Waals surface area contributed by atoms with Crippen LogP contribution in [0.4, 0.5) is 4.39 Å². The second-order valence-electron chi connectivity index (χ2n) is 7.99. The summed E-state index contributed by atoms with van der Waals surface area (Å²) < 4.78 is 13.3. The second-order valence-corrected chi connectivity index (χ2v) is 10.3. The first-order valence-electron chi connectivity index (χ1n) is 10.4. The Morgan fingerprint density at radius 1 is 1.03 bits per heavy atom. The van der Waals surface area contributed by atoms with Crippen LogP contribution < -0.4 is 0 Å². The van der Waals surface area contributed by atoms with E-state index in [1.165, 1.54) is 28.3 Å². The van der Waals surface area contributed by atoms with E-state index in [4.69, 9.17) is 0 Å². The molecule has 2 amide bonds. The molecule has 0 unspecified atom stereocenters. The van der Waals surface area contributed by atoms with Crippen molar-refractivity contribution in [1.29, 1.82) is 0 Å². The molecule has 2 aromatic heterocycles. The van der Waals surface area contributed by atoms with Crippen LogP contribution in [0.15, 0.2) is 53.9 Å². The van der Waals surface area contributed by atoms with Gasteiger partial charge in [-0.2, -0.15) is 0 Å². The van der Waals surface area contributed by atoms with Crippen LogP contribution in [0.2, 0.25) is 0 Å². The summed E-state index contributed by atoms with van der Waals surface area (Å²) in [6.45, 7) is 3.56. The second kappa shape index (κ2) is 9.75. The zero-order valence-corrected chi connectivity index (χ0v) is 19.1. The molecule has 0 N–H and O–H groups in total. The highest BCUT2D eigenvalue weighted by atomic mass is 32.1. The maximum Gasteiger partial charge on any atom is 0.264 e. The standard InChI is InChI=1S/C24H25FN2O2S2/c1-17-4-11-21(31-17)15-26(13-19-7-9-20(25)10-8-19)23(28)16-27(14-18-5-6-18)24(29)22-3-2-12-30-22/h2-4,7-12,18H,5-6,13-16H2,1H3. The van der Waals surface area contributed by atoms with E-state index in [-0.39, 0.29) is 24.2 Å². The summed E-state index contributed by atoms with van der Waals surface area (Å²) in [5.41, 5.74) is 0.862. The monoisotopic (exact) mass is 456 g/mol. The van der Waals surface area contributed by atoms with E-state index < -0.39 is 0 Å². The first kappa shape index (κ1) is 21.7. The summed E-state index contributed by atoms with van der Waals surface area (Å²) in [7, 11) is 0. The smallest absolute Gasteiger partial charge is 0.264 e. The molecule has 2 heterocycles. The Bertz CT molecular complexity index is 1030. The molecule has 1 saturated carbocycles. The lowest BCUT2D eigenvalue weighted by molar-refractivity contribution is -0.133. The van der Waals surface area contributed by atoms with Gasteiger partial charge in [0.1, 0.15) is 12.4 Å². The molecular weight excluding hydrogens is 431 g/mol. The maximum absolute atomic E-state index is 13.4. The Kier molecular flexibility index (Phi) is 6.83. The number of halogens is 1. The summed E-state index contributed by atoms with van der Waals surface area (Å²) in [5, 5.41) is 1.88. The third-order valence-corrected chi connectivity index (χ3v) is 7.15. The highest BCUT2D eigenvalue weighted by Gasteiger charge is 2.30. The Balaban J connectivity index is 1.52. The van der Waals surface area contributed by atoms with E-state index in [2.05, 4.69) is 0 Å². The molecule has 4 rings (SSSR count). The van der Waals surface area contributed by atoms with E-state index in [0.717, 1.165) is 23.3 Å². The first-order valence-corrected chi connectivity index (χ1v) is 12.1. The minimum Gasteiger partial charge on any atom is -0.332 e. The lowest BCUT2D eigenvalue weighted by Crippen LogP contribution is -2.43. The van der Waals surface area contributed by atoms with Crippen LogP contribution in [0.1, 0.15) is 37.8 Å². The average Bonchev–Trinajstić information content (AvgIpc) is 3.22. The number of hydrogen-bond donors (Lipinski definition) is 0. The van der Waals surface area contributed by atoms with Gasteiger partial charge in [0.05, 0.1) is 11.4 Å². The molecule has 0 bridgehead atoms. The van der Waals surface area contributed by atoms with E-state index in [1.807, 2.05) is 36.6 Å². The Morgan fingerprint density at radius 2 is 1.81 bits per heavy atom. The molecular formula is C24H25FN2O2S2. The van der Waals surface area contributed by atoms with Crippen molar-refractivity contribution in [3.8, 4) is 0 Å². The predicted molar refractivity (Wildman–Crippen MR) is 123 cm³/mol. The predicted octanol–water partition coefficient (Wildman–Crippen LogP) is 5.34. The fourth-order valence-electron chi connectivity index (χ4n) is 3.45. The highest BCUT2D eigenvalue weighted by molar-refractivity contribution is 7.12. The quantitative estimate of drug-likeness (QED) is 0.436. The third-order valence-electron chi connectivity index (χ3n) is 5.30. The van der Waals surface area contributed by atoms with E-state index in [1.54, 1.807) is 33.3 Å². The number of rotatable bonds is 9. The summed E-state index contributed by atoms with van der Waals surface area (Å²) in [5.74, 6) is 0.0137. The van der Waals surface area contributed by atoms with Gasteiger partial charge in [-0.05, 0) is 67.0 Å². The van der Waals surface area contributed by atoms with Gasteiger partial charge >= 0.3 is 0 Å². The van der Waals surface area contributed by atoms with Crippen LogP contribution >= 0.6 is 22.7 Å². The van der Waals surface area contributed by atoms with Gasteiger partial charge in [-0.15, -0.1) is 22.7 Å². The fraction of sp³-hybridized carbons (Fsp3) is 0.333. The lowest BCUT2D eigenvalue weighted by Gasteiger charge is -2.27. The lowest BCUT2D eigenvalue weighted by atomic mass is 10.2. The molecule has 0 atom stereocenters. The minimum absolute atomic E-state index is 0.0544. The highest BCUT2D eigenvalue weighted by Crippen LogP contribution is 2.30. The van der Waals surface area contributed by atoms with Crippen molar-refractivity contribution in [1.82, 2.24) is 9.80 Å². The number of aryl methyl sites for hydroxylation is 1. The van der Waals surface area contributed by atoms with Crippen LogP contribution in [0.25, 0.3) is 0 Å². The van der Waals surface area contributed by atoms with E-state index in [0.29, 0.717) is 30.4 Å². The van der Waals surface area contributed by atoms with Crippen molar-refractivity contribution in [3.63, 3.8) is 0 Å². The van der Waals surface area contributed by atoms with Gasteiger partial charge in [0, 0.05) is 22.8 Å². The molecule has 4 nitrogen and oxygen atoms in total. The molecule has 0 radical (unpaired) electrons. The van der Waals surface area contributed by atoms with Crippen molar-refractivity contribution < 1.29 is 14.0 Å². The summed E-state index contributed by atoms with van der Waals surface area (Å²) >= 11 is 3.06. The zero-order chi connectivity index (χ0) is 21.8. The van der Waals surface area contributed by atoms with Crippen molar-refractivity contribution in [2.75, 3.05) is 13.1 Å². The van der Waals surface area contributed by atoms with Gasteiger partial charge in [0.25, 0.3) is 5.91 Å². The summed E-state index contributed by atoms with van der Waals surface area (Å²) in [4.78, 5) is 32.8. The normalized spacial score (nSPS) is 13.2. The molecule has 0 saturated heterocycles. The van der Waals surface area contributed by atoms with Crippen LogP contribution in [0, 0.1) is 18.7 Å². The van der Waals surface area contributed by atoms with Gasteiger partial charge in [-0.25, -0.2) is 4.39 Å². The molecule has 1 aromatic carbocycles.